The molecule has 0 aliphatic heterocycles. The smallest absolute Gasteiger partial charge is 0.338 e. The zero-order valence-electron chi connectivity index (χ0n) is 11.0. The molecule has 2 aromatic rings. The summed E-state index contributed by atoms with van der Waals surface area (Å²) in [6, 6.07) is 15.0. The third kappa shape index (κ3) is 3.92. The van der Waals surface area contributed by atoms with Crippen molar-refractivity contribution in [2.24, 2.45) is 5.73 Å². The number of hydrogen-bond donors (Lipinski definition) is 1. The number of benzene rings is 2. The first-order valence-electron chi connectivity index (χ1n) is 6.40. The van der Waals surface area contributed by atoms with Crippen molar-refractivity contribution < 1.29 is 9.53 Å². The maximum Gasteiger partial charge on any atom is 0.338 e. The Kier molecular flexibility index (Phi) is 5.32. The van der Waals surface area contributed by atoms with Crippen LogP contribution in [0.1, 0.15) is 21.5 Å². The van der Waals surface area contributed by atoms with E-state index < -0.39 is 0 Å². The Morgan fingerprint density at radius 2 is 1.80 bits per heavy atom. The second-order valence-corrected chi connectivity index (χ2v) is 5.26. The number of hydrogen-bond acceptors (Lipinski definition) is 3. The lowest BCUT2D eigenvalue weighted by Crippen LogP contribution is -2.06. The summed E-state index contributed by atoms with van der Waals surface area (Å²) in [4.78, 5) is 11.9. The Hall–Kier alpha value is -1.65. The highest BCUT2D eigenvalue weighted by atomic mass is 79.9. The molecule has 104 valence electrons. The van der Waals surface area contributed by atoms with Gasteiger partial charge in [0, 0.05) is 10.0 Å². The van der Waals surface area contributed by atoms with Gasteiger partial charge in [-0.15, -0.1) is 0 Å². The van der Waals surface area contributed by atoms with Gasteiger partial charge in [0.1, 0.15) is 6.61 Å². The molecule has 0 unspecified atom stereocenters. The van der Waals surface area contributed by atoms with Crippen LogP contribution in [0.25, 0.3) is 0 Å². The van der Waals surface area contributed by atoms with Gasteiger partial charge < -0.3 is 10.5 Å². The third-order valence-corrected chi connectivity index (χ3v) is 3.71. The summed E-state index contributed by atoms with van der Waals surface area (Å²) in [5, 5.41) is 0. The summed E-state index contributed by atoms with van der Waals surface area (Å²) in [6.07, 6.45) is 0.812. The zero-order chi connectivity index (χ0) is 14.4. The fraction of sp³-hybridized carbons (Fsp3) is 0.188. The van der Waals surface area contributed by atoms with Gasteiger partial charge in [-0.25, -0.2) is 4.79 Å². The Balaban J connectivity index is 1.96. The lowest BCUT2D eigenvalue weighted by atomic mass is 10.1. The van der Waals surface area contributed by atoms with Crippen LogP contribution in [0.15, 0.2) is 53.0 Å². The summed E-state index contributed by atoms with van der Waals surface area (Å²) in [7, 11) is 0. The van der Waals surface area contributed by atoms with Gasteiger partial charge in [0.25, 0.3) is 0 Å². The molecule has 20 heavy (non-hydrogen) atoms. The van der Waals surface area contributed by atoms with Crippen LogP contribution >= 0.6 is 15.9 Å². The lowest BCUT2D eigenvalue weighted by Gasteiger charge is -2.07. The first-order chi connectivity index (χ1) is 9.70. The third-order valence-electron chi connectivity index (χ3n) is 2.94. The maximum atomic E-state index is 11.9. The van der Waals surface area contributed by atoms with Crippen molar-refractivity contribution in [1.82, 2.24) is 0 Å². The van der Waals surface area contributed by atoms with Crippen LogP contribution in [-0.2, 0) is 17.8 Å². The molecular weight excluding hydrogens is 318 g/mol. The van der Waals surface area contributed by atoms with Crippen molar-refractivity contribution in [2.75, 3.05) is 6.54 Å². The molecule has 0 bridgehead atoms. The number of carbonyl (C=O) groups is 1. The van der Waals surface area contributed by atoms with Gasteiger partial charge in [0.05, 0.1) is 5.56 Å². The van der Waals surface area contributed by atoms with Gasteiger partial charge in [-0.05, 0) is 36.7 Å². The molecule has 4 heteroatoms. The minimum absolute atomic E-state index is 0.255. The normalized spacial score (nSPS) is 10.3. The van der Waals surface area contributed by atoms with Crippen LogP contribution < -0.4 is 5.73 Å². The average Bonchev–Trinajstić information content (AvgIpc) is 2.47. The Morgan fingerprint density at radius 3 is 2.45 bits per heavy atom. The topological polar surface area (TPSA) is 52.3 Å². The summed E-state index contributed by atoms with van der Waals surface area (Å²) in [6.45, 7) is 0.858. The second kappa shape index (κ2) is 7.22. The Bertz CT molecular complexity index is 581. The predicted molar refractivity (Wildman–Crippen MR) is 82.5 cm³/mol. The summed E-state index contributed by atoms with van der Waals surface area (Å²) in [5.74, 6) is -0.319. The second-order valence-electron chi connectivity index (χ2n) is 4.40. The molecule has 0 saturated heterocycles. The van der Waals surface area contributed by atoms with Crippen LogP contribution in [0.5, 0.6) is 0 Å². The molecule has 3 nitrogen and oxygen atoms in total. The zero-order valence-corrected chi connectivity index (χ0v) is 12.6. The number of esters is 1. The molecule has 0 atom stereocenters. The van der Waals surface area contributed by atoms with Crippen LogP contribution in [-0.4, -0.2) is 12.5 Å². The van der Waals surface area contributed by atoms with Crippen LogP contribution in [0.3, 0.4) is 0 Å². The van der Waals surface area contributed by atoms with E-state index in [1.807, 2.05) is 36.4 Å². The number of nitrogens with two attached hydrogens (primary N) is 1. The summed E-state index contributed by atoms with van der Waals surface area (Å²) >= 11 is 3.43. The fourth-order valence-electron chi connectivity index (χ4n) is 1.82. The van der Waals surface area contributed by atoms with Gasteiger partial charge in [-0.1, -0.05) is 46.3 Å². The van der Waals surface area contributed by atoms with Gasteiger partial charge in [-0.3, -0.25) is 0 Å². The van der Waals surface area contributed by atoms with E-state index >= 15 is 0 Å². The van der Waals surface area contributed by atoms with Crippen molar-refractivity contribution >= 4 is 21.9 Å². The van der Waals surface area contributed by atoms with E-state index in [0.717, 1.165) is 22.0 Å². The van der Waals surface area contributed by atoms with E-state index in [2.05, 4.69) is 15.9 Å². The number of rotatable bonds is 5. The van der Waals surface area contributed by atoms with Gasteiger partial charge in [0.2, 0.25) is 0 Å². The molecule has 2 N–H and O–H groups in total. The van der Waals surface area contributed by atoms with Crippen molar-refractivity contribution in [2.45, 2.75) is 13.0 Å². The molecule has 0 fully saturated rings. The number of ether oxygens (including phenoxy) is 1. The van der Waals surface area contributed by atoms with Gasteiger partial charge >= 0.3 is 5.97 Å². The minimum atomic E-state index is -0.319. The lowest BCUT2D eigenvalue weighted by molar-refractivity contribution is 0.0472. The molecule has 2 aromatic carbocycles. The molecule has 2 rings (SSSR count). The molecule has 0 aliphatic carbocycles. The summed E-state index contributed by atoms with van der Waals surface area (Å²) in [5.41, 5.74) is 8.11. The molecule has 0 aliphatic rings. The van der Waals surface area contributed by atoms with Crippen molar-refractivity contribution in [3.63, 3.8) is 0 Å². The van der Waals surface area contributed by atoms with Gasteiger partial charge in [-0.2, -0.15) is 0 Å². The van der Waals surface area contributed by atoms with E-state index in [1.165, 1.54) is 0 Å². The molecule has 0 amide bonds. The van der Waals surface area contributed by atoms with Crippen molar-refractivity contribution in [3.05, 3.63) is 69.7 Å². The summed E-state index contributed by atoms with van der Waals surface area (Å²) < 4.78 is 6.24. The highest BCUT2D eigenvalue weighted by Crippen LogP contribution is 2.17. The Labute approximate surface area is 126 Å². The highest BCUT2D eigenvalue weighted by Gasteiger charge is 2.08. The molecule has 0 heterocycles. The molecule has 0 spiro atoms. The van der Waals surface area contributed by atoms with E-state index in [1.54, 1.807) is 12.1 Å². The average molecular weight is 334 g/mol. The standard InChI is InChI=1S/C16H16BrNO2/c17-15-4-2-1-3-14(15)11-20-16(19)13-7-5-12(6-8-13)9-10-18/h1-8H,9-11,18H2. The molecule has 0 radical (unpaired) electrons. The first-order valence-corrected chi connectivity index (χ1v) is 7.19. The van der Waals surface area contributed by atoms with Crippen LogP contribution in [0, 0.1) is 0 Å². The van der Waals surface area contributed by atoms with Crippen molar-refractivity contribution in [3.8, 4) is 0 Å². The molecular formula is C16H16BrNO2. The van der Waals surface area contributed by atoms with Crippen molar-refractivity contribution in [1.29, 1.82) is 0 Å². The quantitative estimate of drug-likeness (QED) is 0.854. The van der Waals surface area contributed by atoms with Crippen LogP contribution in [0.4, 0.5) is 0 Å². The van der Waals surface area contributed by atoms with Crippen LogP contribution in [0.2, 0.25) is 0 Å². The largest absolute Gasteiger partial charge is 0.457 e. The Morgan fingerprint density at radius 1 is 1.10 bits per heavy atom. The first kappa shape index (κ1) is 14.8. The van der Waals surface area contributed by atoms with E-state index in [4.69, 9.17) is 10.5 Å². The monoisotopic (exact) mass is 333 g/mol. The van der Waals surface area contributed by atoms with Gasteiger partial charge in [0.15, 0.2) is 0 Å². The minimum Gasteiger partial charge on any atom is -0.457 e. The van der Waals surface area contributed by atoms with E-state index in [0.29, 0.717) is 12.1 Å². The SMILES string of the molecule is NCCc1ccc(C(=O)OCc2ccccc2Br)cc1. The predicted octanol–water partition coefficient (Wildman–Crippen LogP) is 3.31. The molecule has 0 aromatic heterocycles. The molecule has 0 saturated carbocycles. The maximum absolute atomic E-state index is 11.9. The number of halogens is 1. The highest BCUT2D eigenvalue weighted by molar-refractivity contribution is 9.10. The number of carbonyl (C=O) groups excluding carboxylic acids is 1. The fourth-order valence-corrected chi connectivity index (χ4v) is 2.22. The van der Waals surface area contributed by atoms with E-state index in [9.17, 15) is 4.79 Å². The van der Waals surface area contributed by atoms with E-state index in [-0.39, 0.29) is 12.6 Å².